The Hall–Kier alpha value is -3.26. The Kier molecular flexibility index (Phi) is 2.63. The normalized spacial score (nSPS) is 10.9. The van der Waals surface area contributed by atoms with Gasteiger partial charge in [0.15, 0.2) is 5.65 Å². The fourth-order valence-corrected chi connectivity index (χ4v) is 2.61. The maximum absolute atomic E-state index is 9.02. The van der Waals surface area contributed by atoms with Crippen LogP contribution >= 0.6 is 0 Å². The highest BCUT2D eigenvalue weighted by atomic mass is 15.2. The maximum atomic E-state index is 9.02. The average Bonchev–Trinajstić information content (AvgIpc) is 2.96. The van der Waals surface area contributed by atoms with Gasteiger partial charge in [-0.05, 0) is 36.2 Å². The first-order valence-corrected chi connectivity index (χ1v) is 6.85. The molecule has 22 heavy (non-hydrogen) atoms. The Bertz CT molecular complexity index is 1060. The third-order valence-corrected chi connectivity index (χ3v) is 3.65. The van der Waals surface area contributed by atoms with Crippen molar-refractivity contribution in [2.75, 3.05) is 0 Å². The minimum absolute atomic E-state index is 0.603. The van der Waals surface area contributed by atoms with Crippen molar-refractivity contribution in [3.8, 4) is 17.2 Å². The van der Waals surface area contributed by atoms with Crippen molar-refractivity contribution in [3.63, 3.8) is 0 Å². The summed E-state index contributed by atoms with van der Waals surface area (Å²) in [5.74, 6) is 0. The summed E-state index contributed by atoms with van der Waals surface area (Å²) in [6.45, 7) is 1.99. The third kappa shape index (κ3) is 1.82. The molecule has 0 fully saturated rings. The minimum Gasteiger partial charge on any atom is -0.256 e. The van der Waals surface area contributed by atoms with Crippen molar-refractivity contribution >= 4 is 16.6 Å². The average molecular weight is 285 g/mol. The van der Waals surface area contributed by atoms with E-state index in [0.29, 0.717) is 5.56 Å². The minimum atomic E-state index is 0.603. The van der Waals surface area contributed by atoms with Gasteiger partial charge in [0.2, 0.25) is 0 Å². The number of rotatable bonds is 1. The van der Waals surface area contributed by atoms with Crippen molar-refractivity contribution in [3.05, 3.63) is 60.2 Å². The van der Waals surface area contributed by atoms with E-state index >= 15 is 0 Å². The molecule has 0 saturated heterocycles. The molecule has 0 radical (unpaired) electrons. The van der Waals surface area contributed by atoms with Crippen LogP contribution in [0.25, 0.3) is 27.7 Å². The lowest BCUT2D eigenvalue weighted by Crippen LogP contribution is -1.91. The molecule has 0 amide bonds. The molecule has 0 N–H and O–H groups in total. The Labute approximate surface area is 126 Å². The topological polar surface area (TPSA) is 66.9 Å². The standard InChI is InChI=1S/C17H11N5/c1-11-8-20-17-15(9-21-22(17)10-11)13-4-5-19-16-6-12(7-18)2-3-14(13)16/h2-6,8-10H,1H3. The molecule has 4 rings (SSSR count). The zero-order valence-corrected chi connectivity index (χ0v) is 11.9. The third-order valence-electron chi connectivity index (χ3n) is 3.65. The molecule has 0 unspecified atom stereocenters. The van der Waals surface area contributed by atoms with Gasteiger partial charge in [-0.2, -0.15) is 10.4 Å². The molecule has 4 aromatic rings. The fourth-order valence-electron chi connectivity index (χ4n) is 2.61. The first-order chi connectivity index (χ1) is 10.8. The summed E-state index contributed by atoms with van der Waals surface area (Å²) in [5.41, 5.74) is 5.23. The van der Waals surface area contributed by atoms with Crippen LogP contribution in [0.15, 0.2) is 49.1 Å². The first-order valence-electron chi connectivity index (χ1n) is 6.85. The largest absolute Gasteiger partial charge is 0.256 e. The van der Waals surface area contributed by atoms with E-state index < -0.39 is 0 Å². The van der Waals surface area contributed by atoms with Crippen molar-refractivity contribution in [2.24, 2.45) is 0 Å². The second-order valence-corrected chi connectivity index (χ2v) is 5.16. The van der Waals surface area contributed by atoms with Crippen molar-refractivity contribution in [2.45, 2.75) is 6.92 Å². The van der Waals surface area contributed by atoms with E-state index in [-0.39, 0.29) is 0 Å². The second kappa shape index (κ2) is 4.64. The fraction of sp³-hybridized carbons (Fsp3) is 0.0588. The number of nitriles is 1. The number of aryl methyl sites for hydroxylation is 1. The molecule has 0 bridgehead atoms. The van der Waals surface area contributed by atoms with Gasteiger partial charge in [0.25, 0.3) is 0 Å². The van der Waals surface area contributed by atoms with Gasteiger partial charge in [-0.1, -0.05) is 6.07 Å². The van der Waals surface area contributed by atoms with Crippen molar-refractivity contribution in [1.82, 2.24) is 19.6 Å². The van der Waals surface area contributed by atoms with Gasteiger partial charge >= 0.3 is 0 Å². The zero-order valence-electron chi connectivity index (χ0n) is 11.9. The quantitative estimate of drug-likeness (QED) is 0.539. The van der Waals surface area contributed by atoms with Crippen LogP contribution in [0.2, 0.25) is 0 Å². The number of pyridine rings is 1. The second-order valence-electron chi connectivity index (χ2n) is 5.16. The molecule has 3 heterocycles. The van der Waals surface area contributed by atoms with E-state index in [1.807, 2.05) is 37.6 Å². The van der Waals surface area contributed by atoms with Crippen LogP contribution in [0.5, 0.6) is 0 Å². The summed E-state index contributed by atoms with van der Waals surface area (Å²) in [5, 5.41) is 14.4. The number of fused-ring (bicyclic) bond motifs is 2. The van der Waals surface area contributed by atoms with E-state index in [2.05, 4.69) is 21.1 Å². The van der Waals surface area contributed by atoms with Gasteiger partial charge in [-0.3, -0.25) is 4.98 Å². The summed E-state index contributed by atoms with van der Waals surface area (Å²) in [4.78, 5) is 8.84. The summed E-state index contributed by atoms with van der Waals surface area (Å²) >= 11 is 0. The van der Waals surface area contributed by atoms with Crippen LogP contribution in [0.1, 0.15) is 11.1 Å². The number of hydrogen-bond acceptors (Lipinski definition) is 4. The molecule has 0 aliphatic carbocycles. The summed E-state index contributed by atoms with van der Waals surface area (Å²) < 4.78 is 1.78. The van der Waals surface area contributed by atoms with Crippen LogP contribution in [0.3, 0.4) is 0 Å². The molecule has 0 aliphatic rings. The smallest absolute Gasteiger partial charge is 0.162 e. The van der Waals surface area contributed by atoms with Crippen LogP contribution in [0.4, 0.5) is 0 Å². The monoisotopic (exact) mass is 285 g/mol. The Morgan fingerprint density at radius 3 is 2.86 bits per heavy atom. The molecule has 0 saturated carbocycles. The predicted molar refractivity (Wildman–Crippen MR) is 83.2 cm³/mol. The van der Waals surface area contributed by atoms with Gasteiger partial charge in [-0.25, -0.2) is 9.50 Å². The molecule has 0 spiro atoms. The van der Waals surface area contributed by atoms with Crippen molar-refractivity contribution in [1.29, 1.82) is 5.26 Å². The highest BCUT2D eigenvalue weighted by Gasteiger charge is 2.11. The Balaban J connectivity index is 2.02. The summed E-state index contributed by atoms with van der Waals surface area (Å²) in [6.07, 6.45) is 7.34. The first kappa shape index (κ1) is 12.5. The summed E-state index contributed by atoms with van der Waals surface area (Å²) in [6, 6.07) is 9.61. The zero-order chi connectivity index (χ0) is 15.1. The lowest BCUT2D eigenvalue weighted by Gasteiger charge is -2.05. The number of aromatic nitrogens is 4. The van der Waals surface area contributed by atoms with E-state index in [1.54, 1.807) is 22.8 Å². The maximum Gasteiger partial charge on any atom is 0.162 e. The van der Waals surface area contributed by atoms with Crippen LogP contribution in [-0.2, 0) is 0 Å². The molecular weight excluding hydrogens is 274 g/mol. The van der Waals surface area contributed by atoms with E-state index in [9.17, 15) is 0 Å². The number of benzene rings is 1. The highest BCUT2D eigenvalue weighted by Crippen LogP contribution is 2.30. The molecule has 5 heteroatoms. The lowest BCUT2D eigenvalue weighted by atomic mass is 10.0. The molecular formula is C17H11N5. The van der Waals surface area contributed by atoms with E-state index in [1.165, 1.54) is 0 Å². The number of nitrogens with zero attached hydrogens (tertiary/aromatic N) is 5. The Morgan fingerprint density at radius 2 is 2.00 bits per heavy atom. The van der Waals surface area contributed by atoms with Gasteiger partial charge < -0.3 is 0 Å². The highest BCUT2D eigenvalue weighted by molar-refractivity contribution is 5.98. The Morgan fingerprint density at radius 1 is 1.09 bits per heavy atom. The molecule has 0 atom stereocenters. The molecule has 5 nitrogen and oxygen atoms in total. The van der Waals surface area contributed by atoms with Gasteiger partial charge in [0.05, 0.1) is 23.3 Å². The van der Waals surface area contributed by atoms with Crippen LogP contribution in [0, 0.1) is 18.3 Å². The van der Waals surface area contributed by atoms with Crippen LogP contribution in [-0.4, -0.2) is 19.6 Å². The lowest BCUT2D eigenvalue weighted by molar-refractivity contribution is 0.928. The number of hydrogen-bond donors (Lipinski definition) is 0. The van der Waals surface area contributed by atoms with Gasteiger partial charge in [-0.15, -0.1) is 0 Å². The van der Waals surface area contributed by atoms with Crippen molar-refractivity contribution < 1.29 is 0 Å². The molecule has 0 aliphatic heterocycles. The molecule has 1 aromatic carbocycles. The van der Waals surface area contributed by atoms with E-state index in [0.717, 1.165) is 33.2 Å². The summed E-state index contributed by atoms with van der Waals surface area (Å²) in [7, 11) is 0. The van der Waals surface area contributed by atoms with Gasteiger partial charge in [0, 0.05) is 29.5 Å². The predicted octanol–water partition coefficient (Wildman–Crippen LogP) is 3.12. The van der Waals surface area contributed by atoms with Crippen LogP contribution < -0.4 is 0 Å². The van der Waals surface area contributed by atoms with Gasteiger partial charge in [0.1, 0.15) is 0 Å². The SMILES string of the molecule is Cc1cnc2c(-c3ccnc4cc(C#N)ccc34)cnn2c1. The van der Waals surface area contributed by atoms with E-state index in [4.69, 9.17) is 5.26 Å². The molecule has 104 valence electrons. The molecule has 3 aromatic heterocycles.